The van der Waals surface area contributed by atoms with E-state index in [0.29, 0.717) is 18.6 Å². The summed E-state index contributed by atoms with van der Waals surface area (Å²) in [6.07, 6.45) is 3.62. The van der Waals surface area contributed by atoms with Crippen LogP contribution in [-0.4, -0.2) is 42.2 Å². The Hall–Kier alpha value is -4.13. The van der Waals surface area contributed by atoms with Gasteiger partial charge in [0.05, 0.1) is 30.3 Å². The highest BCUT2D eigenvalue weighted by Crippen LogP contribution is 2.29. The van der Waals surface area contributed by atoms with Crippen LogP contribution in [0.25, 0.3) is 22.2 Å². The predicted molar refractivity (Wildman–Crippen MR) is 146 cm³/mol. The number of anilines is 1. The van der Waals surface area contributed by atoms with Gasteiger partial charge in [0, 0.05) is 17.7 Å². The average Bonchev–Trinajstić information content (AvgIpc) is 3.36. The predicted octanol–water partition coefficient (Wildman–Crippen LogP) is 5.92. The molecular formula is C30H33N3O4. The smallest absolute Gasteiger partial charge is 0.340 e. The summed E-state index contributed by atoms with van der Waals surface area (Å²) in [5.41, 5.74) is 7.15. The van der Waals surface area contributed by atoms with Crippen molar-refractivity contribution < 1.29 is 19.1 Å². The number of carbonyl (C=O) groups is 2. The Bertz CT molecular complexity index is 1380. The number of aromatic amines is 1. The second-order valence-corrected chi connectivity index (χ2v) is 8.85. The van der Waals surface area contributed by atoms with E-state index in [1.54, 1.807) is 6.92 Å². The fourth-order valence-corrected chi connectivity index (χ4v) is 4.37. The third-order valence-corrected chi connectivity index (χ3v) is 6.27. The Morgan fingerprint density at radius 3 is 2.51 bits per heavy atom. The van der Waals surface area contributed by atoms with Crippen LogP contribution in [-0.2, 0) is 27.1 Å². The number of nitrogens with one attached hydrogen (secondary N) is 2. The van der Waals surface area contributed by atoms with Crippen molar-refractivity contribution in [2.75, 3.05) is 25.6 Å². The molecule has 0 unspecified atom stereocenters. The Morgan fingerprint density at radius 2 is 1.78 bits per heavy atom. The number of aromatic nitrogens is 2. The summed E-state index contributed by atoms with van der Waals surface area (Å²) in [5.74, 6) is 0.229. The SMILES string of the molecule is CCCCc1nc2c(Cc3ccc(-c4ccccc4NCC(=O)OCC)cc3)ccc(C(=O)OC)c2[nH]1. The van der Waals surface area contributed by atoms with E-state index in [2.05, 4.69) is 41.5 Å². The fraction of sp³-hybridized carbons (Fsp3) is 0.300. The van der Waals surface area contributed by atoms with E-state index >= 15 is 0 Å². The maximum atomic E-state index is 12.3. The maximum Gasteiger partial charge on any atom is 0.340 e. The van der Waals surface area contributed by atoms with Gasteiger partial charge in [-0.1, -0.05) is 61.9 Å². The lowest BCUT2D eigenvalue weighted by molar-refractivity contribution is -0.140. The molecule has 2 N–H and O–H groups in total. The highest BCUT2D eigenvalue weighted by molar-refractivity contribution is 6.02. The van der Waals surface area contributed by atoms with Crippen molar-refractivity contribution in [2.45, 2.75) is 39.5 Å². The summed E-state index contributed by atoms with van der Waals surface area (Å²) in [6, 6.07) is 20.0. The fourth-order valence-electron chi connectivity index (χ4n) is 4.37. The van der Waals surface area contributed by atoms with Crippen molar-refractivity contribution in [1.82, 2.24) is 9.97 Å². The molecule has 0 aliphatic carbocycles. The summed E-state index contributed by atoms with van der Waals surface area (Å²) in [4.78, 5) is 32.3. The molecule has 0 fully saturated rings. The number of fused-ring (bicyclic) bond motifs is 1. The van der Waals surface area contributed by atoms with Crippen LogP contribution in [0.1, 0.15) is 54.0 Å². The molecule has 0 aliphatic heterocycles. The van der Waals surface area contributed by atoms with Crippen LogP contribution in [0, 0.1) is 0 Å². The molecular weight excluding hydrogens is 466 g/mol. The molecule has 0 spiro atoms. The van der Waals surface area contributed by atoms with Crippen LogP contribution < -0.4 is 5.32 Å². The number of methoxy groups -OCH3 is 1. The lowest BCUT2D eigenvalue weighted by Crippen LogP contribution is -2.17. The normalized spacial score (nSPS) is 10.9. The minimum absolute atomic E-state index is 0.115. The second kappa shape index (κ2) is 12.2. The number of nitrogens with zero attached hydrogens (tertiary/aromatic N) is 1. The first kappa shape index (κ1) is 25.9. The van der Waals surface area contributed by atoms with Crippen LogP contribution in [0.15, 0.2) is 60.7 Å². The van der Waals surface area contributed by atoms with Crippen LogP contribution in [0.4, 0.5) is 5.69 Å². The number of rotatable bonds is 11. The number of ether oxygens (including phenoxy) is 2. The lowest BCUT2D eigenvalue weighted by Gasteiger charge is -2.12. The molecule has 1 aromatic heterocycles. The van der Waals surface area contributed by atoms with Crippen molar-refractivity contribution >= 4 is 28.7 Å². The molecule has 3 aromatic carbocycles. The number of unbranched alkanes of at least 4 members (excludes halogenated alkanes) is 1. The number of carbonyl (C=O) groups excluding carboxylic acids is 2. The van der Waals surface area contributed by atoms with Gasteiger partial charge in [0.15, 0.2) is 0 Å². The molecule has 0 saturated carbocycles. The zero-order chi connectivity index (χ0) is 26.2. The molecule has 0 bridgehead atoms. The zero-order valence-electron chi connectivity index (χ0n) is 21.6. The quantitative estimate of drug-likeness (QED) is 0.249. The molecule has 0 radical (unpaired) electrons. The van der Waals surface area contributed by atoms with Gasteiger partial charge < -0.3 is 19.8 Å². The molecule has 1 heterocycles. The first-order valence-electron chi connectivity index (χ1n) is 12.7. The van der Waals surface area contributed by atoms with Gasteiger partial charge in [0.2, 0.25) is 0 Å². The van der Waals surface area contributed by atoms with Crippen LogP contribution in [0.2, 0.25) is 0 Å². The number of aryl methyl sites for hydroxylation is 1. The number of imidazole rings is 1. The summed E-state index contributed by atoms with van der Waals surface area (Å²) >= 11 is 0. The summed E-state index contributed by atoms with van der Waals surface area (Å²) in [7, 11) is 1.39. The van der Waals surface area contributed by atoms with Crippen molar-refractivity contribution in [1.29, 1.82) is 0 Å². The molecule has 0 aliphatic rings. The van der Waals surface area contributed by atoms with Gasteiger partial charge in [0.1, 0.15) is 12.4 Å². The Balaban J connectivity index is 1.58. The van der Waals surface area contributed by atoms with E-state index in [9.17, 15) is 9.59 Å². The topological polar surface area (TPSA) is 93.3 Å². The molecule has 4 rings (SSSR count). The number of benzene rings is 3. The molecule has 192 valence electrons. The van der Waals surface area contributed by atoms with Crippen LogP contribution >= 0.6 is 0 Å². The first-order chi connectivity index (χ1) is 18.0. The number of H-pyrrole nitrogens is 1. The Morgan fingerprint density at radius 1 is 1.00 bits per heavy atom. The van der Waals surface area contributed by atoms with Crippen LogP contribution in [0.3, 0.4) is 0 Å². The van der Waals surface area contributed by atoms with Crippen molar-refractivity contribution in [3.05, 3.63) is 83.2 Å². The molecule has 4 aromatic rings. The van der Waals surface area contributed by atoms with Crippen LogP contribution in [0.5, 0.6) is 0 Å². The third kappa shape index (κ3) is 6.17. The zero-order valence-corrected chi connectivity index (χ0v) is 21.6. The standard InChI is InChI=1S/C30H33N3O4/c1-4-6-11-26-32-28-22(16-17-24(29(28)33-26)30(35)36-3)18-20-12-14-21(15-13-20)23-9-7-8-10-25(23)31-19-27(34)37-5-2/h7-10,12-17,31H,4-6,11,18-19H2,1-3H3,(H,32,33). The van der Waals surface area contributed by atoms with E-state index in [4.69, 9.17) is 14.5 Å². The first-order valence-corrected chi connectivity index (χ1v) is 12.7. The van der Waals surface area contributed by atoms with Crippen molar-refractivity contribution in [3.8, 4) is 11.1 Å². The van der Waals surface area contributed by atoms with Gasteiger partial charge >= 0.3 is 11.9 Å². The number of hydrogen-bond donors (Lipinski definition) is 2. The molecule has 0 amide bonds. The largest absolute Gasteiger partial charge is 0.465 e. The molecule has 37 heavy (non-hydrogen) atoms. The maximum absolute atomic E-state index is 12.3. The van der Waals surface area contributed by atoms with Gasteiger partial charge in [-0.25, -0.2) is 9.78 Å². The van der Waals surface area contributed by atoms with Crippen molar-refractivity contribution in [2.24, 2.45) is 0 Å². The van der Waals surface area contributed by atoms with E-state index in [0.717, 1.165) is 64.1 Å². The van der Waals surface area contributed by atoms with Gasteiger partial charge in [0.25, 0.3) is 0 Å². The van der Waals surface area contributed by atoms with Gasteiger partial charge in [-0.3, -0.25) is 4.79 Å². The minimum atomic E-state index is -0.373. The van der Waals surface area contributed by atoms with E-state index in [1.165, 1.54) is 7.11 Å². The highest BCUT2D eigenvalue weighted by Gasteiger charge is 2.17. The molecule has 7 nitrogen and oxygen atoms in total. The van der Waals surface area contributed by atoms with E-state index in [-0.39, 0.29) is 18.5 Å². The molecule has 0 atom stereocenters. The molecule has 7 heteroatoms. The summed E-state index contributed by atoms with van der Waals surface area (Å²) in [6.45, 7) is 4.42. The number of esters is 2. The van der Waals surface area contributed by atoms with Crippen molar-refractivity contribution in [3.63, 3.8) is 0 Å². The van der Waals surface area contributed by atoms with Gasteiger partial charge in [-0.05, 0) is 48.6 Å². The van der Waals surface area contributed by atoms with Gasteiger partial charge in [-0.2, -0.15) is 0 Å². The average molecular weight is 500 g/mol. The Kier molecular flexibility index (Phi) is 8.56. The van der Waals surface area contributed by atoms with Gasteiger partial charge in [-0.15, -0.1) is 0 Å². The summed E-state index contributed by atoms with van der Waals surface area (Å²) < 4.78 is 10.0. The number of hydrogen-bond acceptors (Lipinski definition) is 6. The van der Waals surface area contributed by atoms with E-state index < -0.39 is 0 Å². The number of para-hydroxylation sites is 1. The lowest BCUT2D eigenvalue weighted by atomic mass is 9.98. The van der Waals surface area contributed by atoms with E-state index in [1.807, 2.05) is 36.4 Å². The third-order valence-electron chi connectivity index (χ3n) is 6.27. The Labute approximate surface area is 217 Å². The highest BCUT2D eigenvalue weighted by atomic mass is 16.5. The minimum Gasteiger partial charge on any atom is -0.465 e. The second-order valence-electron chi connectivity index (χ2n) is 8.85. The monoisotopic (exact) mass is 499 g/mol. The molecule has 0 saturated heterocycles. The summed E-state index contributed by atoms with van der Waals surface area (Å²) in [5, 5.41) is 3.18.